The minimum absolute atomic E-state index is 0.306. The van der Waals surface area contributed by atoms with E-state index >= 15 is 0 Å². The molecule has 0 unspecified atom stereocenters. The minimum Gasteiger partial charge on any atom is -0.291 e. The molecule has 2 aromatic rings. The van der Waals surface area contributed by atoms with Crippen molar-refractivity contribution in [3.63, 3.8) is 0 Å². The zero-order valence-corrected chi connectivity index (χ0v) is 12.7. The zero-order valence-electron chi connectivity index (χ0n) is 11.9. The number of hydrogen-bond acceptors (Lipinski definition) is 2. The molecule has 0 N–H and O–H groups in total. The zero-order chi connectivity index (χ0) is 19.7. The van der Waals surface area contributed by atoms with Crippen molar-refractivity contribution >= 4 is 22.8 Å². The molecule has 0 spiro atoms. The lowest BCUT2D eigenvalue weighted by molar-refractivity contribution is -0.312. The van der Waals surface area contributed by atoms with E-state index in [4.69, 9.17) is 0 Å². The van der Waals surface area contributed by atoms with Gasteiger partial charge >= 0.3 is 18.5 Å². The molecule has 1 aliphatic rings. The molecule has 0 bridgehead atoms. The fourth-order valence-electron chi connectivity index (χ4n) is 2.67. The lowest BCUT2D eigenvalue weighted by Gasteiger charge is -2.36. The molecule has 0 amide bonds. The van der Waals surface area contributed by atoms with Gasteiger partial charge in [0.2, 0.25) is 5.83 Å². The van der Waals surface area contributed by atoms with Crippen LogP contribution in [0.15, 0.2) is 40.2 Å². The second-order valence-electron chi connectivity index (χ2n) is 5.17. The SMILES string of the molecule is F/C(=C1/Sc2nc3ccccc3n2C1(C(F)(F)F)C(F)(F)F)C(F)(F)F. The van der Waals surface area contributed by atoms with E-state index in [9.17, 15) is 43.9 Å². The van der Waals surface area contributed by atoms with Gasteiger partial charge in [-0.3, -0.25) is 4.57 Å². The summed E-state index contributed by atoms with van der Waals surface area (Å²) >= 11 is -0.646. The Morgan fingerprint density at radius 3 is 1.96 bits per heavy atom. The summed E-state index contributed by atoms with van der Waals surface area (Å²) in [5, 5.41) is -1.05. The normalized spacial score (nSPS) is 19.8. The first kappa shape index (κ1) is 18.9. The van der Waals surface area contributed by atoms with Gasteiger partial charge in [-0.25, -0.2) is 9.37 Å². The van der Waals surface area contributed by atoms with Crippen molar-refractivity contribution in [2.75, 3.05) is 0 Å². The average Bonchev–Trinajstić information content (AvgIpc) is 2.97. The molecule has 0 atom stereocenters. The summed E-state index contributed by atoms with van der Waals surface area (Å²) in [4.78, 5) is 0.931. The van der Waals surface area contributed by atoms with E-state index in [1.165, 1.54) is 6.07 Å². The molecule has 0 saturated carbocycles. The molecule has 1 aliphatic heterocycles. The van der Waals surface area contributed by atoms with Crippen LogP contribution in [0.5, 0.6) is 0 Å². The summed E-state index contributed by atoms with van der Waals surface area (Å²) in [6, 6.07) is 4.27. The molecule has 1 aromatic heterocycles. The first-order valence-corrected chi connectivity index (χ1v) is 7.31. The van der Waals surface area contributed by atoms with Crippen LogP contribution in [0.25, 0.3) is 11.0 Å². The van der Waals surface area contributed by atoms with E-state index < -0.39 is 61.8 Å². The van der Waals surface area contributed by atoms with E-state index in [1.54, 1.807) is 0 Å². The highest BCUT2D eigenvalue weighted by molar-refractivity contribution is 8.03. The number of para-hydroxylation sites is 2. The fourth-order valence-corrected chi connectivity index (χ4v) is 4.00. The van der Waals surface area contributed by atoms with Gasteiger partial charge in [0.1, 0.15) is 0 Å². The second kappa shape index (κ2) is 5.30. The van der Waals surface area contributed by atoms with Gasteiger partial charge in [0, 0.05) is 0 Å². The highest BCUT2D eigenvalue weighted by Crippen LogP contribution is 2.64. The standard InChI is InChI=1S/C13H4F10N2S/c14-7(11(15,16)17)8-10(12(18,19)20,13(21,22)23)25-6-4-2-1-3-5(6)24-9(25)26-8/h1-4H/b8-7+. The summed E-state index contributed by atoms with van der Waals surface area (Å²) in [6.07, 6.45) is -18.7. The maximum absolute atomic E-state index is 13.7. The molecule has 0 aliphatic carbocycles. The summed E-state index contributed by atoms with van der Waals surface area (Å²) in [7, 11) is 0. The largest absolute Gasteiger partial charge is 0.443 e. The number of imidazole rings is 1. The molecular formula is C13H4F10N2S. The number of hydrogen-bond donors (Lipinski definition) is 0. The Morgan fingerprint density at radius 2 is 1.46 bits per heavy atom. The van der Waals surface area contributed by atoms with Gasteiger partial charge < -0.3 is 0 Å². The number of thioether (sulfide) groups is 1. The lowest BCUT2D eigenvalue weighted by Crippen LogP contribution is -2.57. The topological polar surface area (TPSA) is 17.8 Å². The van der Waals surface area contributed by atoms with Crippen LogP contribution in [-0.2, 0) is 5.54 Å². The van der Waals surface area contributed by atoms with Crippen molar-refractivity contribution < 1.29 is 43.9 Å². The Labute approximate surface area is 141 Å². The van der Waals surface area contributed by atoms with Gasteiger partial charge in [-0.1, -0.05) is 12.1 Å². The molecule has 2 heterocycles. The van der Waals surface area contributed by atoms with Crippen LogP contribution in [-0.4, -0.2) is 28.1 Å². The van der Waals surface area contributed by atoms with Gasteiger partial charge in [0.15, 0.2) is 5.16 Å². The van der Waals surface area contributed by atoms with Crippen LogP contribution in [0.3, 0.4) is 0 Å². The smallest absolute Gasteiger partial charge is 0.291 e. The van der Waals surface area contributed by atoms with Crippen molar-refractivity contribution in [2.45, 2.75) is 29.2 Å². The molecule has 3 rings (SSSR count). The predicted molar refractivity (Wildman–Crippen MR) is 69.9 cm³/mol. The number of aromatic nitrogens is 2. The molecule has 26 heavy (non-hydrogen) atoms. The first-order valence-electron chi connectivity index (χ1n) is 6.49. The van der Waals surface area contributed by atoms with Crippen LogP contribution < -0.4 is 0 Å². The van der Waals surface area contributed by atoms with Crippen molar-refractivity contribution in [1.82, 2.24) is 9.55 Å². The molecule has 1 aromatic carbocycles. The summed E-state index contributed by atoms with van der Waals surface area (Å²) < 4.78 is 133. The number of nitrogens with zero attached hydrogens (tertiary/aromatic N) is 2. The van der Waals surface area contributed by atoms with Crippen molar-refractivity contribution in [1.29, 1.82) is 0 Å². The average molecular weight is 410 g/mol. The lowest BCUT2D eigenvalue weighted by atomic mass is 9.95. The molecule has 0 fully saturated rings. The van der Waals surface area contributed by atoms with Crippen molar-refractivity contribution in [3.8, 4) is 0 Å². The Bertz CT molecular complexity index is 888. The maximum atomic E-state index is 13.7. The summed E-state index contributed by atoms with van der Waals surface area (Å²) in [5.41, 5.74) is -6.27. The van der Waals surface area contributed by atoms with Crippen LogP contribution in [0, 0.1) is 0 Å². The Balaban J connectivity index is 2.53. The Kier molecular flexibility index (Phi) is 3.84. The second-order valence-corrected chi connectivity index (χ2v) is 6.14. The third-order valence-electron chi connectivity index (χ3n) is 3.66. The third kappa shape index (κ3) is 2.32. The van der Waals surface area contributed by atoms with Gasteiger partial charge in [-0.15, -0.1) is 0 Å². The summed E-state index contributed by atoms with van der Waals surface area (Å²) in [5.74, 6) is -3.47. The first-order chi connectivity index (χ1) is 11.7. The van der Waals surface area contributed by atoms with Crippen LogP contribution in [0.1, 0.15) is 0 Å². The van der Waals surface area contributed by atoms with Crippen molar-refractivity contribution in [3.05, 3.63) is 35.0 Å². The van der Waals surface area contributed by atoms with Crippen molar-refractivity contribution in [2.24, 2.45) is 0 Å². The number of rotatable bonds is 0. The fraction of sp³-hybridized carbons (Fsp3) is 0.308. The molecule has 13 heteroatoms. The number of benzene rings is 1. The van der Waals surface area contributed by atoms with E-state index in [0.717, 1.165) is 18.2 Å². The van der Waals surface area contributed by atoms with Gasteiger partial charge in [-0.2, -0.15) is 39.5 Å². The van der Waals surface area contributed by atoms with Gasteiger partial charge in [-0.05, 0) is 23.9 Å². The highest BCUT2D eigenvalue weighted by atomic mass is 32.2. The highest BCUT2D eigenvalue weighted by Gasteiger charge is 2.79. The van der Waals surface area contributed by atoms with Crippen LogP contribution in [0.2, 0.25) is 0 Å². The maximum Gasteiger partial charge on any atom is 0.443 e. The number of allylic oxidation sites excluding steroid dienone is 2. The molecule has 0 saturated heterocycles. The van der Waals surface area contributed by atoms with E-state index in [-0.39, 0.29) is 5.52 Å². The van der Waals surface area contributed by atoms with E-state index in [1.807, 2.05) is 0 Å². The van der Waals surface area contributed by atoms with Gasteiger partial charge in [0.25, 0.3) is 5.54 Å². The minimum atomic E-state index is -6.33. The number of fused-ring (bicyclic) bond motifs is 3. The Hall–Kier alpha value is -1.92. The van der Waals surface area contributed by atoms with Crippen LogP contribution >= 0.6 is 11.8 Å². The quantitative estimate of drug-likeness (QED) is 0.519. The third-order valence-corrected chi connectivity index (χ3v) is 4.79. The van der Waals surface area contributed by atoms with E-state index in [2.05, 4.69) is 4.98 Å². The monoisotopic (exact) mass is 410 g/mol. The van der Waals surface area contributed by atoms with E-state index in [0.29, 0.717) is 0 Å². The van der Waals surface area contributed by atoms with Gasteiger partial charge in [0.05, 0.1) is 15.9 Å². The molecule has 142 valence electrons. The molecule has 0 radical (unpaired) electrons. The summed E-state index contributed by atoms with van der Waals surface area (Å²) in [6.45, 7) is 0. The molecule has 2 nitrogen and oxygen atoms in total. The number of halogens is 10. The molecular weight excluding hydrogens is 406 g/mol. The van der Waals surface area contributed by atoms with Crippen LogP contribution in [0.4, 0.5) is 43.9 Å². The Morgan fingerprint density at radius 1 is 0.923 bits per heavy atom. The predicted octanol–water partition coefficient (Wildman–Crippen LogP) is 5.71. The number of alkyl halides is 9.